The number of carbonyl (C=O) groups is 1. The van der Waals surface area contributed by atoms with Gasteiger partial charge in [-0.25, -0.2) is 0 Å². The van der Waals surface area contributed by atoms with E-state index in [1.807, 2.05) is 27.7 Å². The predicted octanol–water partition coefficient (Wildman–Crippen LogP) is 2.55. The molecule has 0 aliphatic rings. The number of aliphatic hydroxyl groups is 1. The van der Waals surface area contributed by atoms with Gasteiger partial charge in [-0.15, -0.1) is 0 Å². The average molecular weight is 300 g/mol. The van der Waals surface area contributed by atoms with Crippen LogP contribution < -0.4 is 10.1 Å². The predicted molar refractivity (Wildman–Crippen MR) is 80.2 cm³/mol. The zero-order chi connectivity index (χ0) is 15.3. The smallest absolute Gasteiger partial charge is 0.258 e. The maximum absolute atomic E-state index is 11.7. The molecule has 0 saturated carbocycles. The van der Waals surface area contributed by atoms with Gasteiger partial charge < -0.3 is 15.2 Å². The molecule has 0 aromatic heterocycles. The molecule has 1 atom stereocenters. The molecular formula is C15H22ClNO3. The minimum atomic E-state index is -0.598. The van der Waals surface area contributed by atoms with E-state index in [0.717, 1.165) is 5.56 Å². The fraction of sp³-hybridized carbons (Fsp3) is 0.533. The van der Waals surface area contributed by atoms with Gasteiger partial charge in [0.25, 0.3) is 5.91 Å². The van der Waals surface area contributed by atoms with Crippen LogP contribution in [-0.4, -0.2) is 30.3 Å². The summed E-state index contributed by atoms with van der Waals surface area (Å²) in [6.45, 7) is 7.68. The van der Waals surface area contributed by atoms with Crippen LogP contribution in [0.2, 0.25) is 5.02 Å². The second-order valence-electron chi connectivity index (χ2n) is 5.84. The number of hydrogen-bond donors (Lipinski definition) is 2. The Kier molecular flexibility index (Phi) is 5.84. The summed E-state index contributed by atoms with van der Waals surface area (Å²) in [6, 6.07) is 5.30. The number of amides is 1. The molecule has 4 nitrogen and oxygen atoms in total. The topological polar surface area (TPSA) is 58.6 Å². The highest BCUT2D eigenvalue weighted by molar-refractivity contribution is 6.31. The highest BCUT2D eigenvalue weighted by atomic mass is 35.5. The molecule has 0 spiro atoms. The first-order valence-electron chi connectivity index (χ1n) is 6.54. The molecule has 5 heteroatoms. The molecule has 2 N–H and O–H groups in total. The fourth-order valence-electron chi connectivity index (χ4n) is 1.46. The van der Waals surface area contributed by atoms with Crippen LogP contribution in [0, 0.1) is 12.3 Å². The van der Waals surface area contributed by atoms with Crippen LogP contribution in [0.5, 0.6) is 5.75 Å². The van der Waals surface area contributed by atoms with Crippen molar-refractivity contribution < 1.29 is 14.6 Å². The number of aliphatic hydroxyl groups excluding tert-OH is 1. The van der Waals surface area contributed by atoms with Crippen LogP contribution in [0.4, 0.5) is 0 Å². The monoisotopic (exact) mass is 299 g/mol. The fourth-order valence-corrected chi connectivity index (χ4v) is 1.62. The summed E-state index contributed by atoms with van der Waals surface area (Å²) in [5, 5.41) is 13.1. The minimum Gasteiger partial charge on any atom is -0.483 e. The maximum atomic E-state index is 11.7. The van der Waals surface area contributed by atoms with Crippen molar-refractivity contribution in [1.82, 2.24) is 5.32 Å². The van der Waals surface area contributed by atoms with Gasteiger partial charge in [0.15, 0.2) is 6.61 Å². The van der Waals surface area contributed by atoms with Crippen LogP contribution >= 0.6 is 11.6 Å². The van der Waals surface area contributed by atoms with Gasteiger partial charge in [0, 0.05) is 17.1 Å². The number of benzene rings is 1. The average Bonchev–Trinajstić information content (AvgIpc) is 2.36. The Morgan fingerprint density at radius 1 is 1.45 bits per heavy atom. The summed E-state index contributed by atoms with van der Waals surface area (Å²) in [5.41, 5.74) is 0.536. The van der Waals surface area contributed by atoms with Crippen molar-refractivity contribution >= 4 is 17.5 Å². The summed E-state index contributed by atoms with van der Waals surface area (Å²) in [6.07, 6.45) is -0.598. The summed E-state index contributed by atoms with van der Waals surface area (Å²) >= 11 is 5.97. The van der Waals surface area contributed by atoms with Gasteiger partial charge in [-0.1, -0.05) is 38.4 Å². The molecule has 0 fully saturated rings. The summed E-state index contributed by atoms with van der Waals surface area (Å²) in [4.78, 5) is 11.7. The van der Waals surface area contributed by atoms with Crippen molar-refractivity contribution in [1.29, 1.82) is 0 Å². The zero-order valence-electron chi connectivity index (χ0n) is 12.4. The lowest BCUT2D eigenvalue weighted by Crippen LogP contribution is -2.40. The molecule has 0 saturated heterocycles. The lowest BCUT2D eigenvalue weighted by atomic mass is 9.89. The van der Waals surface area contributed by atoms with E-state index in [0.29, 0.717) is 10.8 Å². The molecule has 0 heterocycles. The van der Waals surface area contributed by atoms with Gasteiger partial charge >= 0.3 is 0 Å². The Labute approximate surface area is 125 Å². The van der Waals surface area contributed by atoms with Crippen molar-refractivity contribution in [3.05, 3.63) is 28.8 Å². The summed E-state index contributed by atoms with van der Waals surface area (Å²) < 4.78 is 5.42. The molecule has 1 amide bonds. The Morgan fingerprint density at radius 2 is 2.10 bits per heavy atom. The number of carbonyl (C=O) groups excluding carboxylic acids is 1. The summed E-state index contributed by atoms with van der Waals surface area (Å²) in [5.74, 6) is 0.316. The van der Waals surface area contributed by atoms with E-state index in [1.165, 1.54) is 0 Å². The SMILES string of the molecule is Cc1c(Cl)cccc1OCC(=O)NCC(O)C(C)(C)C. The summed E-state index contributed by atoms with van der Waals surface area (Å²) in [7, 11) is 0. The highest BCUT2D eigenvalue weighted by Crippen LogP contribution is 2.24. The van der Waals surface area contributed by atoms with E-state index in [-0.39, 0.29) is 24.5 Å². The van der Waals surface area contributed by atoms with Gasteiger partial charge in [-0.3, -0.25) is 4.79 Å². The van der Waals surface area contributed by atoms with Crippen LogP contribution in [0.15, 0.2) is 18.2 Å². The first-order chi connectivity index (χ1) is 9.21. The molecule has 20 heavy (non-hydrogen) atoms. The molecular weight excluding hydrogens is 278 g/mol. The van der Waals surface area contributed by atoms with Gasteiger partial charge in [0.05, 0.1) is 6.10 Å². The molecule has 0 radical (unpaired) electrons. The quantitative estimate of drug-likeness (QED) is 0.878. The van der Waals surface area contributed by atoms with Crippen molar-refractivity contribution in [3.8, 4) is 5.75 Å². The molecule has 1 aromatic rings. The normalized spacial score (nSPS) is 12.9. The Balaban J connectivity index is 2.43. The van der Waals surface area contributed by atoms with Crippen LogP contribution in [-0.2, 0) is 4.79 Å². The largest absolute Gasteiger partial charge is 0.483 e. The zero-order valence-corrected chi connectivity index (χ0v) is 13.1. The first-order valence-corrected chi connectivity index (χ1v) is 6.92. The molecule has 112 valence electrons. The van der Waals surface area contributed by atoms with Crippen LogP contribution in [0.25, 0.3) is 0 Å². The molecule has 1 unspecified atom stereocenters. The van der Waals surface area contributed by atoms with Crippen molar-refractivity contribution in [2.45, 2.75) is 33.8 Å². The Morgan fingerprint density at radius 3 is 2.70 bits per heavy atom. The van der Waals surface area contributed by atoms with Crippen LogP contribution in [0.1, 0.15) is 26.3 Å². The number of nitrogens with one attached hydrogen (secondary N) is 1. The molecule has 0 aliphatic carbocycles. The Hall–Kier alpha value is -1.26. The minimum absolute atomic E-state index is 0.0992. The number of halogens is 1. The van der Waals surface area contributed by atoms with E-state index in [9.17, 15) is 9.90 Å². The second-order valence-corrected chi connectivity index (χ2v) is 6.24. The number of rotatable bonds is 5. The number of hydrogen-bond acceptors (Lipinski definition) is 3. The first kappa shape index (κ1) is 16.8. The number of ether oxygens (including phenoxy) is 1. The van der Waals surface area contributed by atoms with Crippen LogP contribution in [0.3, 0.4) is 0 Å². The van der Waals surface area contributed by atoms with Gasteiger partial charge in [-0.2, -0.15) is 0 Å². The van der Waals surface area contributed by atoms with E-state index in [2.05, 4.69) is 5.32 Å². The standard InChI is InChI=1S/C15H22ClNO3/c1-10-11(16)6-5-7-12(10)20-9-14(19)17-8-13(18)15(2,3)4/h5-7,13,18H,8-9H2,1-4H3,(H,17,19). The van der Waals surface area contributed by atoms with Gasteiger partial charge in [0.2, 0.25) is 0 Å². The van der Waals surface area contributed by atoms with Crippen molar-refractivity contribution in [2.75, 3.05) is 13.2 Å². The van der Waals surface area contributed by atoms with Crippen molar-refractivity contribution in [3.63, 3.8) is 0 Å². The highest BCUT2D eigenvalue weighted by Gasteiger charge is 2.22. The lowest BCUT2D eigenvalue weighted by Gasteiger charge is -2.25. The van der Waals surface area contributed by atoms with E-state index >= 15 is 0 Å². The van der Waals surface area contributed by atoms with E-state index in [4.69, 9.17) is 16.3 Å². The van der Waals surface area contributed by atoms with Gasteiger partial charge in [-0.05, 0) is 24.5 Å². The molecule has 0 bridgehead atoms. The second kappa shape index (κ2) is 6.95. The van der Waals surface area contributed by atoms with Crippen molar-refractivity contribution in [2.24, 2.45) is 5.41 Å². The molecule has 1 aromatic carbocycles. The lowest BCUT2D eigenvalue weighted by molar-refractivity contribution is -0.123. The molecule has 1 rings (SSSR count). The van der Waals surface area contributed by atoms with Gasteiger partial charge in [0.1, 0.15) is 5.75 Å². The third-order valence-electron chi connectivity index (χ3n) is 3.07. The van der Waals surface area contributed by atoms with E-state index in [1.54, 1.807) is 18.2 Å². The Bertz CT molecular complexity index is 469. The third kappa shape index (κ3) is 5.02. The maximum Gasteiger partial charge on any atom is 0.258 e. The molecule has 0 aliphatic heterocycles. The third-order valence-corrected chi connectivity index (χ3v) is 3.48. The van der Waals surface area contributed by atoms with E-state index < -0.39 is 6.10 Å².